The fourth-order valence-electron chi connectivity index (χ4n) is 3.79. The van der Waals surface area contributed by atoms with Crippen molar-refractivity contribution in [2.24, 2.45) is 0 Å². The maximum absolute atomic E-state index is 14.6. The van der Waals surface area contributed by atoms with Crippen LogP contribution in [-0.4, -0.2) is 37.4 Å². The second kappa shape index (κ2) is 8.53. The van der Waals surface area contributed by atoms with E-state index in [-0.39, 0.29) is 11.6 Å². The molecule has 147 valence electrons. The number of rotatable bonds is 5. The Kier molecular flexibility index (Phi) is 5.67. The summed E-state index contributed by atoms with van der Waals surface area (Å²) in [7, 11) is 0. The van der Waals surface area contributed by atoms with Crippen LogP contribution in [0.4, 0.5) is 14.5 Å². The lowest BCUT2D eigenvalue weighted by molar-refractivity contribution is 0.250. The molecule has 0 bridgehead atoms. The Bertz CT molecular complexity index is 979. The normalized spacial score (nSPS) is 14.8. The molecule has 3 nitrogen and oxygen atoms in total. The molecule has 1 heterocycles. The standard InChI is InChI=1S/C24H21F2N2O/c25-21-8-6-19(7-9-21)24-20(2-1-3-23(24)26)16-27-12-14-28(15-13-27)22-10-4-18(17-29)5-11-22/h1-11H,12-16H2. The van der Waals surface area contributed by atoms with Gasteiger partial charge >= 0.3 is 0 Å². The van der Waals surface area contributed by atoms with Crippen molar-refractivity contribution in [3.63, 3.8) is 0 Å². The van der Waals surface area contributed by atoms with E-state index in [0.717, 1.165) is 37.4 Å². The van der Waals surface area contributed by atoms with E-state index in [1.165, 1.54) is 18.2 Å². The highest BCUT2D eigenvalue weighted by molar-refractivity contribution is 5.76. The molecule has 1 saturated heterocycles. The largest absolute Gasteiger partial charge is 0.369 e. The Hall–Kier alpha value is -3.05. The van der Waals surface area contributed by atoms with Gasteiger partial charge in [-0.1, -0.05) is 24.3 Å². The maximum atomic E-state index is 14.6. The molecule has 1 aliphatic rings. The summed E-state index contributed by atoms with van der Waals surface area (Å²) >= 11 is 0. The molecule has 1 aliphatic heterocycles. The highest BCUT2D eigenvalue weighted by atomic mass is 19.1. The smallest absolute Gasteiger partial charge is 0.233 e. The third-order valence-electron chi connectivity index (χ3n) is 5.35. The second-order valence-corrected chi connectivity index (χ2v) is 7.19. The monoisotopic (exact) mass is 391 g/mol. The molecule has 0 saturated carbocycles. The van der Waals surface area contributed by atoms with Gasteiger partial charge in [0, 0.05) is 49.5 Å². The minimum absolute atomic E-state index is 0.292. The summed E-state index contributed by atoms with van der Waals surface area (Å²) in [5.74, 6) is -0.623. The van der Waals surface area contributed by atoms with E-state index in [9.17, 15) is 13.6 Å². The average Bonchev–Trinajstić information content (AvgIpc) is 2.75. The van der Waals surface area contributed by atoms with Crippen LogP contribution in [-0.2, 0) is 11.3 Å². The molecule has 1 fully saturated rings. The molecule has 0 N–H and O–H groups in total. The molecule has 0 spiro atoms. The van der Waals surface area contributed by atoms with Crippen LogP contribution in [0.1, 0.15) is 11.1 Å². The van der Waals surface area contributed by atoms with Crippen molar-refractivity contribution in [2.45, 2.75) is 6.54 Å². The molecule has 0 amide bonds. The van der Waals surface area contributed by atoms with Gasteiger partial charge in [-0.15, -0.1) is 0 Å². The fourth-order valence-corrected chi connectivity index (χ4v) is 3.79. The molecule has 1 radical (unpaired) electrons. The van der Waals surface area contributed by atoms with Gasteiger partial charge in [0.25, 0.3) is 0 Å². The van der Waals surface area contributed by atoms with Gasteiger partial charge in [0.1, 0.15) is 11.6 Å². The quantitative estimate of drug-likeness (QED) is 0.644. The number of carbonyl (C=O) groups excluding carboxylic acids is 1. The van der Waals surface area contributed by atoms with E-state index in [1.807, 2.05) is 24.5 Å². The third-order valence-corrected chi connectivity index (χ3v) is 5.35. The molecule has 0 atom stereocenters. The first-order valence-electron chi connectivity index (χ1n) is 9.63. The molecular formula is C24H21F2N2O. The van der Waals surface area contributed by atoms with Crippen LogP contribution in [0.15, 0.2) is 66.7 Å². The van der Waals surface area contributed by atoms with Gasteiger partial charge in [0.15, 0.2) is 0 Å². The Morgan fingerprint density at radius 3 is 2.17 bits per heavy atom. The van der Waals surface area contributed by atoms with E-state index in [4.69, 9.17) is 0 Å². The second-order valence-electron chi connectivity index (χ2n) is 7.19. The summed E-state index contributed by atoms with van der Waals surface area (Å²) in [6.07, 6.45) is 1.89. The number of halogens is 2. The molecule has 0 aromatic heterocycles. The molecule has 5 heteroatoms. The van der Waals surface area contributed by atoms with E-state index in [2.05, 4.69) is 9.80 Å². The molecule has 4 rings (SSSR count). The highest BCUT2D eigenvalue weighted by Crippen LogP contribution is 2.28. The number of piperazine rings is 1. The van der Waals surface area contributed by atoms with Gasteiger partial charge in [0.2, 0.25) is 6.29 Å². The SMILES string of the molecule is O=[C]c1ccc(N2CCN(Cc3cccc(F)c3-c3ccc(F)cc3)CC2)cc1. The predicted molar refractivity (Wildman–Crippen MR) is 111 cm³/mol. The lowest BCUT2D eigenvalue weighted by Gasteiger charge is -2.36. The zero-order valence-electron chi connectivity index (χ0n) is 15.9. The Morgan fingerprint density at radius 1 is 0.828 bits per heavy atom. The number of anilines is 1. The predicted octanol–water partition coefficient (Wildman–Crippen LogP) is 4.41. The van der Waals surface area contributed by atoms with Crippen molar-refractivity contribution in [3.8, 4) is 11.1 Å². The summed E-state index contributed by atoms with van der Waals surface area (Å²) in [5, 5.41) is 0. The summed E-state index contributed by atoms with van der Waals surface area (Å²) in [4.78, 5) is 15.3. The molecule has 0 aliphatic carbocycles. The van der Waals surface area contributed by atoms with Gasteiger partial charge in [-0.25, -0.2) is 8.78 Å². The Morgan fingerprint density at radius 2 is 1.52 bits per heavy atom. The van der Waals surface area contributed by atoms with Crippen LogP contribution in [0, 0.1) is 11.6 Å². The topological polar surface area (TPSA) is 23.6 Å². The van der Waals surface area contributed by atoms with Crippen LogP contribution in [0.2, 0.25) is 0 Å². The summed E-state index contributed by atoms with van der Waals surface area (Å²) in [5.41, 5.74) is 3.75. The fraction of sp³-hybridized carbons (Fsp3) is 0.208. The number of hydrogen-bond acceptors (Lipinski definition) is 3. The summed E-state index contributed by atoms with van der Waals surface area (Å²) < 4.78 is 27.9. The zero-order valence-corrected chi connectivity index (χ0v) is 15.9. The van der Waals surface area contributed by atoms with E-state index < -0.39 is 0 Å². The van der Waals surface area contributed by atoms with E-state index >= 15 is 0 Å². The van der Waals surface area contributed by atoms with Crippen molar-refractivity contribution < 1.29 is 13.6 Å². The number of nitrogens with zero attached hydrogens (tertiary/aromatic N) is 2. The Balaban J connectivity index is 1.46. The zero-order chi connectivity index (χ0) is 20.2. The first-order valence-corrected chi connectivity index (χ1v) is 9.63. The van der Waals surface area contributed by atoms with Crippen molar-refractivity contribution in [1.29, 1.82) is 0 Å². The summed E-state index contributed by atoms with van der Waals surface area (Å²) in [6, 6.07) is 18.5. The minimum atomic E-state index is -0.332. The number of hydrogen-bond donors (Lipinski definition) is 0. The number of benzene rings is 3. The lowest BCUT2D eigenvalue weighted by atomic mass is 9.98. The van der Waals surface area contributed by atoms with Crippen LogP contribution in [0.3, 0.4) is 0 Å². The van der Waals surface area contributed by atoms with Gasteiger partial charge in [-0.05, 0) is 53.6 Å². The third kappa shape index (κ3) is 4.35. The Labute approximate surface area is 169 Å². The molecule has 29 heavy (non-hydrogen) atoms. The van der Waals surface area contributed by atoms with Crippen molar-refractivity contribution in [1.82, 2.24) is 4.90 Å². The van der Waals surface area contributed by atoms with Gasteiger partial charge in [0.05, 0.1) is 0 Å². The van der Waals surface area contributed by atoms with Crippen LogP contribution in [0.5, 0.6) is 0 Å². The van der Waals surface area contributed by atoms with Crippen molar-refractivity contribution in [3.05, 3.63) is 89.5 Å². The first-order chi connectivity index (χ1) is 14.1. The lowest BCUT2D eigenvalue weighted by Crippen LogP contribution is -2.46. The molecule has 0 unspecified atom stereocenters. The van der Waals surface area contributed by atoms with E-state index in [1.54, 1.807) is 30.3 Å². The van der Waals surface area contributed by atoms with Gasteiger partial charge in [-0.2, -0.15) is 0 Å². The molecular weight excluding hydrogens is 370 g/mol. The van der Waals surface area contributed by atoms with Crippen molar-refractivity contribution >= 4 is 12.0 Å². The van der Waals surface area contributed by atoms with Crippen molar-refractivity contribution in [2.75, 3.05) is 31.1 Å². The first kappa shape index (κ1) is 19.3. The molecule has 3 aromatic carbocycles. The van der Waals surface area contributed by atoms with Gasteiger partial charge < -0.3 is 4.90 Å². The maximum Gasteiger partial charge on any atom is 0.233 e. The van der Waals surface area contributed by atoms with Crippen LogP contribution >= 0.6 is 0 Å². The summed E-state index contributed by atoms with van der Waals surface area (Å²) in [6.45, 7) is 4.04. The average molecular weight is 391 g/mol. The van der Waals surface area contributed by atoms with Gasteiger partial charge in [-0.3, -0.25) is 9.69 Å². The highest BCUT2D eigenvalue weighted by Gasteiger charge is 2.20. The molecule has 3 aromatic rings. The minimum Gasteiger partial charge on any atom is -0.369 e. The van der Waals surface area contributed by atoms with Crippen LogP contribution < -0.4 is 4.90 Å². The van der Waals surface area contributed by atoms with E-state index in [0.29, 0.717) is 23.2 Å². The van der Waals surface area contributed by atoms with Crippen LogP contribution in [0.25, 0.3) is 11.1 Å².